The third kappa shape index (κ3) is 8.62. The number of likely N-dealkylation sites (tertiary alicyclic amines) is 1. The Morgan fingerprint density at radius 3 is 2.71 bits per heavy atom. The summed E-state index contributed by atoms with van der Waals surface area (Å²) >= 11 is 6.49. The largest absolute Gasteiger partial charge is 1.00 e. The van der Waals surface area contributed by atoms with Gasteiger partial charge in [0.05, 0.1) is 16.9 Å². The molecule has 2 aromatic rings. The van der Waals surface area contributed by atoms with E-state index in [1.165, 1.54) is 5.57 Å². The van der Waals surface area contributed by atoms with Crippen molar-refractivity contribution in [1.82, 2.24) is 14.9 Å². The molecule has 2 aliphatic rings. The summed E-state index contributed by atoms with van der Waals surface area (Å²) in [7, 11) is 0. The number of carbonyl (C=O) groups excluding carboxylic acids is 1. The molecule has 35 heavy (non-hydrogen) atoms. The van der Waals surface area contributed by atoms with Gasteiger partial charge in [0.1, 0.15) is 5.60 Å². The Bertz CT molecular complexity index is 1080. The fraction of sp³-hybridized carbons (Fsp3) is 0.407. The second kappa shape index (κ2) is 13.7. The number of carbonyl (C=O) groups is 1. The predicted octanol–water partition coefficient (Wildman–Crippen LogP) is 3.80. The fourth-order valence-corrected chi connectivity index (χ4v) is 4.28. The Kier molecular flexibility index (Phi) is 11.9. The Morgan fingerprint density at radius 1 is 1.23 bits per heavy atom. The summed E-state index contributed by atoms with van der Waals surface area (Å²) in [6, 6.07) is 8.31. The Hall–Kier alpha value is -0.808. The average molecular weight is 615 g/mol. The number of piperidine rings is 1. The van der Waals surface area contributed by atoms with Gasteiger partial charge < -0.3 is 22.4 Å². The van der Waals surface area contributed by atoms with E-state index in [9.17, 15) is 4.79 Å². The van der Waals surface area contributed by atoms with Crippen molar-refractivity contribution in [2.75, 3.05) is 18.4 Å². The summed E-state index contributed by atoms with van der Waals surface area (Å²) in [5, 5.41) is 3.90. The van der Waals surface area contributed by atoms with Gasteiger partial charge in [0.2, 0.25) is 5.95 Å². The second-order valence-electron chi connectivity index (χ2n) is 9.52. The molecular formula is C27H34ClCsN4O2. The van der Waals surface area contributed by atoms with E-state index in [-0.39, 0.29) is 88.5 Å². The van der Waals surface area contributed by atoms with Crippen molar-refractivity contribution in [3.05, 3.63) is 66.7 Å². The first-order chi connectivity index (χ1) is 15.8. The number of nitrogens with one attached hydrogen (secondary N) is 1. The van der Waals surface area contributed by atoms with Crippen LogP contribution in [-0.2, 0) is 4.74 Å². The standard InChI is InChI=1S/C26H31ClN4O2.CH3.Cs/c1-26(2,3)33-25(32)31-14-8-13-21(17-31)29-24-28-16-22(27)23(30-24)20-12-7-11-19(15-20)18-9-5-4-6-10-18;;/h5,7,9-12,15-16,21H,4,6,8,13-14,17H2,1-3H3,(H,28,29,30);1H3;/q;-1;+1/t21-;;/m0../s1. The van der Waals surface area contributed by atoms with E-state index in [4.69, 9.17) is 21.3 Å². The summed E-state index contributed by atoms with van der Waals surface area (Å²) in [5.74, 6) is 0.507. The van der Waals surface area contributed by atoms with E-state index in [1.807, 2.05) is 32.9 Å². The van der Waals surface area contributed by atoms with Crippen molar-refractivity contribution in [2.45, 2.75) is 58.1 Å². The van der Waals surface area contributed by atoms with Crippen LogP contribution < -0.4 is 74.2 Å². The number of allylic oxidation sites excluding steroid dienone is 4. The Morgan fingerprint density at radius 2 is 2.00 bits per heavy atom. The zero-order chi connectivity index (χ0) is 23.4. The van der Waals surface area contributed by atoms with E-state index in [0.29, 0.717) is 29.8 Å². The molecule has 1 aliphatic heterocycles. The van der Waals surface area contributed by atoms with Crippen LogP contribution in [-0.4, -0.2) is 45.7 Å². The molecule has 0 spiro atoms. The summed E-state index contributed by atoms with van der Waals surface area (Å²) < 4.78 is 5.53. The Balaban J connectivity index is 0.00000216. The maximum atomic E-state index is 12.5. The predicted molar refractivity (Wildman–Crippen MR) is 140 cm³/mol. The molecule has 6 nitrogen and oxygen atoms in total. The second-order valence-corrected chi connectivity index (χ2v) is 9.93. The molecule has 1 atom stereocenters. The molecular weight excluding hydrogens is 581 g/mol. The quantitative estimate of drug-likeness (QED) is 0.531. The number of anilines is 1. The van der Waals surface area contributed by atoms with Crippen LogP contribution in [0.15, 0.2) is 48.7 Å². The molecule has 0 radical (unpaired) electrons. The zero-order valence-corrected chi connectivity index (χ0v) is 28.5. The molecule has 0 saturated carbocycles. The topological polar surface area (TPSA) is 67.3 Å². The minimum Gasteiger partial charge on any atom is -0.444 e. The van der Waals surface area contributed by atoms with Crippen LogP contribution in [0.25, 0.3) is 16.8 Å². The van der Waals surface area contributed by atoms with Gasteiger partial charge in [-0.2, -0.15) is 0 Å². The van der Waals surface area contributed by atoms with Crippen LogP contribution in [0.1, 0.15) is 52.0 Å². The van der Waals surface area contributed by atoms with Gasteiger partial charge in [-0.15, -0.1) is 0 Å². The van der Waals surface area contributed by atoms with Crippen LogP contribution in [0.4, 0.5) is 10.7 Å². The third-order valence-corrected chi connectivity index (χ3v) is 5.89. The monoisotopic (exact) mass is 614 g/mol. The molecule has 182 valence electrons. The van der Waals surface area contributed by atoms with E-state index < -0.39 is 5.60 Å². The van der Waals surface area contributed by atoms with Crippen LogP contribution in [0.2, 0.25) is 5.02 Å². The summed E-state index contributed by atoms with van der Waals surface area (Å²) in [5.41, 5.74) is 3.49. The van der Waals surface area contributed by atoms with Crippen molar-refractivity contribution >= 4 is 29.2 Å². The molecule has 1 amide bonds. The van der Waals surface area contributed by atoms with Crippen LogP contribution in [0.3, 0.4) is 0 Å². The minimum absolute atomic E-state index is 0. The number of ether oxygens (including phenoxy) is 1. The number of halogens is 1. The van der Waals surface area contributed by atoms with Gasteiger partial charge in [0.15, 0.2) is 0 Å². The van der Waals surface area contributed by atoms with Crippen molar-refractivity contribution in [2.24, 2.45) is 0 Å². The number of nitrogens with zero attached hydrogens (tertiary/aromatic N) is 3. The van der Waals surface area contributed by atoms with Gasteiger partial charge in [-0.05, 0) is 63.7 Å². The van der Waals surface area contributed by atoms with Crippen LogP contribution in [0.5, 0.6) is 0 Å². The first-order valence-electron chi connectivity index (χ1n) is 11.5. The van der Waals surface area contributed by atoms with Gasteiger partial charge in [0, 0.05) is 24.7 Å². The Labute approximate surface area is 273 Å². The van der Waals surface area contributed by atoms with Gasteiger partial charge in [0.25, 0.3) is 0 Å². The number of benzene rings is 1. The van der Waals surface area contributed by atoms with Crippen LogP contribution >= 0.6 is 11.6 Å². The SMILES string of the molecule is CC(C)(C)OC(=O)N1CCC[C@H](Nc2ncc(Cl)c(-c3cccc(C4=CCCC=C4)c3)n2)C1.[CH3-].[Cs+]. The first kappa shape index (κ1) is 30.4. The maximum absolute atomic E-state index is 12.5. The summed E-state index contributed by atoms with van der Waals surface area (Å²) in [6.45, 7) is 6.88. The van der Waals surface area contributed by atoms with E-state index in [2.05, 4.69) is 40.7 Å². The molecule has 1 N–H and O–H groups in total. The molecule has 0 bridgehead atoms. The smallest absolute Gasteiger partial charge is 0.444 e. The third-order valence-electron chi connectivity index (χ3n) is 5.61. The summed E-state index contributed by atoms with van der Waals surface area (Å²) in [4.78, 5) is 23.3. The normalized spacial score (nSPS) is 17.5. The number of amides is 1. The fourth-order valence-electron chi connectivity index (χ4n) is 4.08. The molecule has 1 aromatic heterocycles. The van der Waals surface area contributed by atoms with Crippen molar-refractivity contribution in [3.63, 3.8) is 0 Å². The maximum Gasteiger partial charge on any atom is 1.00 e. The van der Waals surface area contributed by atoms with Gasteiger partial charge in [-0.25, -0.2) is 14.8 Å². The molecule has 4 rings (SSSR count). The number of aromatic nitrogens is 2. The molecule has 1 aromatic carbocycles. The number of hydrogen-bond acceptors (Lipinski definition) is 5. The average Bonchev–Trinajstić information content (AvgIpc) is 2.80. The van der Waals surface area contributed by atoms with Gasteiger partial charge in [-0.3, -0.25) is 0 Å². The van der Waals surface area contributed by atoms with Gasteiger partial charge in [-0.1, -0.05) is 48.0 Å². The minimum atomic E-state index is -0.510. The molecule has 1 aliphatic carbocycles. The van der Waals surface area contributed by atoms with Crippen molar-refractivity contribution < 1.29 is 78.4 Å². The van der Waals surface area contributed by atoms with Crippen molar-refractivity contribution in [3.8, 4) is 11.3 Å². The van der Waals surface area contributed by atoms with Gasteiger partial charge >= 0.3 is 75.0 Å². The van der Waals surface area contributed by atoms with Crippen molar-refractivity contribution in [1.29, 1.82) is 0 Å². The molecule has 8 heteroatoms. The zero-order valence-electron chi connectivity index (χ0n) is 21.5. The van der Waals surface area contributed by atoms with E-state index in [1.54, 1.807) is 11.1 Å². The molecule has 1 fully saturated rings. The molecule has 2 heterocycles. The molecule has 1 saturated heterocycles. The van der Waals surface area contributed by atoms with E-state index >= 15 is 0 Å². The summed E-state index contributed by atoms with van der Waals surface area (Å²) in [6.07, 6.45) is 11.9. The van der Waals surface area contributed by atoms with E-state index in [0.717, 1.165) is 36.8 Å². The number of rotatable bonds is 4. The first-order valence-corrected chi connectivity index (χ1v) is 11.9. The van der Waals surface area contributed by atoms with Crippen LogP contribution in [0, 0.1) is 7.43 Å². The number of hydrogen-bond donors (Lipinski definition) is 1. The molecule has 0 unspecified atom stereocenters.